The van der Waals surface area contributed by atoms with Crippen molar-refractivity contribution in [2.24, 2.45) is 0 Å². The summed E-state index contributed by atoms with van der Waals surface area (Å²) in [7, 11) is 1.34. The Morgan fingerprint density at radius 2 is 1.75 bits per heavy atom. The fourth-order valence-electron chi connectivity index (χ4n) is 6.15. The molecule has 5 rings (SSSR count). The molecular formula is C28H35ClO7. The topological polar surface area (TPSA) is 109 Å². The van der Waals surface area contributed by atoms with Gasteiger partial charge in [0.05, 0.1) is 18.8 Å². The lowest BCUT2D eigenvalue weighted by atomic mass is 9.86. The van der Waals surface area contributed by atoms with Gasteiger partial charge < -0.3 is 34.6 Å². The first-order chi connectivity index (χ1) is 17.3. The highest BCUT2D eigenvalue weighted by atomic mass is 35.5. The van der Waals surface area contributed by atoms with Crippen LogP contribution in [0.4, 0.5) is 0 Å². The smallest absolute Gasteiger partial charge is 0.224 e. The zero-order valence-corrected chi connectivity index (χ0v) is 21.2. The predicted molar refractivity (Wildman–Crippen MR) is 134 cm³/mol. The van der Waals surface area contributed by atoms with Crippen molar-refractivity contribution < 1.29 is 34.6 Å². The lowest BCUT2D eigenvalue weighted by Crippen LogP contribution is -2.64. The van der Waals surface area contributed by atoms with Crippen molar-refractivity contribution in [1.29, 1.82) is 0 Å². The highest BCUT2D eigenvalue weighted by molar-refractivity contribution is 6.31. The second-order valence-corrected chi connectivity index (χ2v) is 10.9. The minimum Gasteiger partial charge on any atom is -0.394 e. The molecule has 8 heteroatoms. The van der Waals surface area contributed by atoms with Crippen LogP contribution in [0.3, 0.4) is 0 Å². The third-order valence-electron chi connectivity index (χ3n) is 8.27. The van der Waals surface area contributed by atoms with Crippen LogP contribution in [0.15, 0.2) is 42.5 Å². The van der Waals surface area contributed by atoms with Gasteiger partial charge in [-0.3, -0.25) is 0 Å². The van der Waals surface area contributed by atoms with Crippen LogP contribution in [0.1, 0.15) is 60.3 Å². The van der Waals surface area contributed by atoms with Crippen molar-refractivity contribution in [3.8, 4) is 0 Å². The zero-order valence-electron chi connectivity index (χ0n) is 20.5. The number of ether oxygens (including phenoxy) is 3. The maximum atomic E-state index is 10.8. The normalized spacial score (nSPS) is 33.9. The Hall–Kier alpha value is -1.55. The number of benzene rings is 2. The first-order valence-corrected chi connectivity index (χ1v) is 13.1. The van der Waals surface area contributed by atoms with Crippen LogP contribution in [-0.2, 0) is 26.4 Å². The Kier molecular flexibility index (Phi) is 7.47. The van der Waals surface area contributed by atoms with E-state index in [1.165, 1.54) is 38.4 Å². The van der Waals surface area contributed by atoms with E-state index in [4.69, 9.17) is 25.8 Å². The van der Waals surface area contributed by atoms with Crippen LogP contribution >= 0.6 is 11.6 Å². The van der Waals surface area contributed by atoms with Crippen LogP contribution in [0.5, 0.6) is 0 Å². The van der Waals surface area contributed by atoms with E-state index in [2.05, 4.69) is 24.3 Å². The number of halogens is 1. The first kappa shape index (κ1) is 26.1. The number of hydrogen-bond donors (Lipinski definition) is 4. The van der Waals surface area contributed by atoms with E-state index in [-0.39, 0.29) is 5.60 Å². The maximum absolute atomic E-state index is 10.8. The molecule has 6 atom stereocenters. The van der Waals surface area contributed by atoms with E-state index < -0.39 is 36.8 Å². The van der Waals surface area contributed by atoms with Gasteiger partial charge in [0.25, 0.3) is 0 Å². The Morgan fingerprint density at radius 3 is 2.42 bits per heavy atom. The molecule has 2 saturated heterocycles. The molecule has 4 N–H and O–H groups in total. The zero-order chi connectivity index (χ0) is 25.5. The van der Waals surface area contributed by atoms with E-state index in [0.29, 0.717) is 22.9 Å². The highest BCUT2D eigenvalue weighted by Gasteiger charge is 2.55. The molecular weight excluding hydrogens is 484 g/mol. The minimum absolute atomic E-state index is 0.0962. The van der Waals surface area contributed by atoms with E-state index in [0.717, 1.165) is 24.2 Å². The summed E-state index contributed by atoms with van der Waals surface area (Å²) in [6.45, 7) is 0.236. The molecule has 3 aliphatic rings. The van der Waals surface area contributed by atoms with Gasteiger partial charge in [-0.25, -0.2) is 0 Å². The van der Waals surface area contributed by atoms with Gasteiger partial charge in [-0.05, 0) is 54.5 Å². The van der Waals surface area contributed by atoms with Crippen molar-refractivity contribution >= 4 is 11.6 Å². The van der Waals surface area contributed by atoms with Crippen molar-refractivity contribution in [3.05, 3.63) is 69.7 Å². The molecule has 3 fully saturated rings. The third kappa shape index (κ3) is 4.61. The van der Waals surface area contributed by atoms with Gasteiger partial charge in [0.2, 0.25) is 5.79 Å². The Morgan fingerprint density at radius 1 is 1.03 bits per heavy atom. The molecule has 1 spiro atoms. The molecule has 2 aromatic rings. The highest BCUT2D eigenvalue weighted by Crippen LogP contribution is 2.46. The molecule has 1 aliphatic carbocycles. The fourth-order valence-corrected chi connectivity index (χ4v) is 6.33. The second kappa shape index (κ2) is 10.3. The third-order valence-corrected chi connectivity index (χ3v) is 8.64. The second-order valence-electron chi connectivity index (χ2n) is 10.5. The van der Waals surface area contributed by atoms with Gasteiger partial charge in [0.1, 0.15) is 24.4 Å². The van der Waals surface area contributed by atoms with Crippen LogP contribution in [-0.4, -0.2) is 70.8 Å². The lowest BCUT2D eigenvalue weighted by Gasteiger charge is -2.47. The van der Waals surface area contributed by atoms with Gasteiger partial charge >= 0.3 is 0 Å². The van der Waals surface area contributed by atoms with Gasteiger partial charge in [-0.1, -0.05) is 54.8 Å². The summed E-state index contributed by atoms with van der Waals surface area (Å²) < 4.78 is 17.6. The quantitative estimate of drug-likeness (QED) is 0.465. The average molecular weight is 519 g/mol. The SMILES string of the molecule is COC1(c2ccc(Cl)c(Cc3ccc(C4COC5(CCCC5)C4)cc3)c2)O[C@H](CO)[C@@H](O)[C@H](O)[C@H]1O. The lowest BCUT2D eigenvalue weighted by molar-refractivity contribution is -0.366. The molecule has 2 heterocycles. The van der Waals surface area contributed by atoms with E-state index in [1.54, 1.807) is 18.2 Å². The Balaban J connectivity index is 1.35. The maximum Gasteiger partial charge on any atom is 0.224 e. The average Bonchev–Trinajstić information content (AvgIpc) is 3.54. The number of aliphatic hydroxyl groups is 4. The van der Waals surface area contributed by atoms with Crippen LogP contribution < -0.4 is 0 Å². The molecule has 0 bridgehead atoms. The van der Waals surface area contributed by atoms with E-state index in [9.17, 15) is 20.4 Å². The number of aliphatic hydroxyl groups excluding tert-OH is 4. The Bertz CT molecular complexity index is 1050. The molecule has 2 unspecified atom stereocenters. The summed E-state index contributed by atoms with van der Waals surface area (Å²) in [6.07, 6.45) is 0.788. The van der Waals surface area contributed by atoms with Crippen molar-refractivity contribution in [2.75, 3.05) is 20.3 Å². The van der Waals surface area contributed by atoms with Gasteiger partial charge in [-0.15, -0.1) is 0 Å². The molecule has 2 aliphatic heterocycles. The van der Waals surface area contributed by atoms with Crippen molar-refractivity contribution in [3.63, 3.8) is 0 Å². The predicted octanol–water partition coefficient (Wildman–Crippen LogP) is 3.02. The number of rotatable bonds is 6. The fraction of sp³-hybridized carbons (Fsp3) is 0.571. The monoisotopic (exact) mass is 518 g/mol. The van der Waals surface area contributed by atoms with Gasteiger partial charge in [-0.2, -0.15) is 0 Å². The van der Waals surface area contributed by atoms with Gasteiger partial charge in [0, 0.05) is 23.6 Å². The minimum atomic E-state index is -1.77. The summed E-state index contributed by atoms with van der Waals surface area (Å²) in [5.41, 5.74) is 3.70. The van der Waals surface area contributed by atoms with E-state index >= 15 is 0 Å². The summed E-state index contributed by atoms with van der Waals surface area (Å²) >= 11 is 6.53. The first-order valence-electron chi connectivity index (χ1n) is 12.7. The van der Waals surface area contributed by atoms with E-state index in [1.807, 2.05) is 0 Å². The molecule has 0 aromatic heterocycles. The summed E-state index contributed by atoms with van der Waals surface area (Å²) in [6, 6.07) is 13.7. The molecule has 36 heavy (non-hydrogen) atoms. The van der Waals surface area contributed by atoms with Crippen LogP contribution in [0.2, 0.25) is 5.02 Å². The summed E-state index contributed by atoms with van der Waals surface area (Å²) in [4.78, 5) is 0. The van der Waals surface area contributed by atoms with Crippen LogP contribution in [0.25, 0.3) is 0 Å². The molecule has 196 valence electrons. The van der Waals surface area contributed by atoms with Crippen molar-refractivity contribution in [1.82, 2.24) is 0 Å². The Labute approximate surface area is 216 Å². The number of hydrogen-bond acceptors (Lipinski definition) is 7. The van der Waals surface area contributed by atoms with Gasteiger partial charge in [0.15, 0.2) is 0 Å². The van der Waals surface area contributed by atoms with Crippen LogP contribution in [0, 0.1) is 0 Å². The molecule has 0 radical (unpaired) electrons. The molecule has 7 nitrogen and oxygen atoms in total. The molecule has 0 amide bonds. The largest absolute Gasteiger partial charge is 0.394 e. The standard InChI is InChI=1S/C28H35ClO7/c1-34-28(26(33)25(32)24(31)23(15-30)36-28)21-8-9-22(29)19(13-21)12-17-4-6-18(7-5-17)20-14-27(35-16-20)10-2-3-11-27/h4-9,13,20,23-26,30-33H,2-3,10-12,14-16H2,1H3/t20?,23-,24-,25+,26-,28?/m1/s1. The molecule has 1 saturated carbocycles. The molecule has 2 aromatic carbocycles. The summed E-state index contributed by atoms with van der Waals surface area (Å²) in [5, 5.41) is 41.6. The number of methoxy groups -OCH3 is 1. The summed E-state index contributed by atoms with van der Waals surface area (Å²) in [5.74, 6) is -1.34. The van der Waals surface area contributed by atoms with Crippen molar-refractivity contribution in [2.45, 2.75) is 80.2 Å².